The lowest BCUT2D eigenvalue weighted by Crippen LogP contribution is -2.35. The van der Waals surface area contributed by atoms with Gasteiger partial charge in [-0.25, -0.2) is 4.98 Å². The number of hydrogen-bond acceptors (Lipinski definition) is 6. The fourth-order valence-corrected chi connectivity index (χ4v) is 3.32. The molecule has 1 fully saturated rings. The number of hydrogen-bond donors (Lipinski definition) is 1. The third-order valence-electron chi connectivity index (χ3n) is 3.68. The molecule has 0 aliphatic carbocycles. The second-order valence-corrected chi connectivity index (χ2v) is 6.93. The van der Waals surface area contributed by atoms with Crippen LogP contribution in [0.3, 0.4) is 0 Å². The van der Waals surface area contributed by atoms with Crippen LogP contribution in [-0.2, 0) is 16.1 Å². The standard InChI is InChI=1S/C17H20ClN3O3S/c18-13-2-1-3-15(10-13)24-7-4-16(22)20-17-19-14(12-25-17)11-21-5-8-23-9-6-21/h1-3,10,12H,4-9,11H2,(H,19,20,22). The van der Waals surface area contributed by atoms with Gasteiger partial charge in [0.05, 0.1) is 31.9 Å². The van der Waals surface area contributed by atoms with Crippen LogP contribution in [0.5, 0.6) is 5.75 Å². The normalized spacial score (nSPS) is 15.1. The number of nitrogens with zero attached hydrogens (tertiary/aromatic N) is 2. The van der Waals surface area contributed by atoms with Crippen LogP contribution in [0.25, 0.3) is 0 Å². The van der Waals surface area contributed by atoms with Gasteiger partial charge in [-0.05, 0) is 18.2 Å². The molecule has 1 aliphatic rings. The summed E-state index contributed by atoms with van der Waals surface area (Å²) < 4.78 is 10.9. The minimum atomic E-state index is -0.116. The highest BCUT2D eigenvalue weighted by Crippen LogP contribution is 2.19. The molecule has 2 aromatic rings. The van der Waals surface area contributed by atoms with Gasteiger partial charge in [0.15, 0.2) is 5.13 Å². The quantitative estimate of drug-likeness (QED) is 0.798. The van der Waals surface area contributed by atoms with E-state index in [0.717, 1.165) is 38.5 Å². The Hall–Kier alpha value is -1.67. The number of rotatable bonds is 7. The maximum absolute atomic E-state index is 12.0. The molecule has 1 saturated heterocycles. The van der Waals surface area contributed by atoms with Crippen molar-refractivity contribution in [2.45, 2.75) is 13.0 Å². The van der Waals surface area contributed by atoms with Crippen LogP contribution in [-0.4, -0.2) is 48.7 Å². The zero-order valence-electron chi connectivity index (χ0n) is 13.7. The number of ether oxygens (including phenoxy) is 2. The molecule has 0 saturated carbocycles. The number of nitrogens with one attached hydrogen (secondary N) is 1. The summed E-state index contributed by atoms with van der Waals surface area (Å²) in [6.07, 6.45) is 0.255. The molecule has 1 N–H and O–H groups in total. The third kappa shape index (κ3) is 5.97. The van der Waals surface area contributed by atoms with Gasteiger partial charge in [-0.15, -0.1) is 11.3 Å². The van der Waals surface area contributed by atoms with E-state index < -0.39 is 0 Å². The van der Waals surface area contributed by atoms with Crippen LogP contribution in [0.2, 0.25) is 5.02 Å². The van der Waals surface area contributed by atoms with Crippen molar-refractivity contribution in [2.24, 2.45) is 0 Å². The first-order valence-electron chi connectivity index (χ1n) is 8.12. The monoisotopic (exact) mass is 381 g/mol. The highest BCUT2D eigenvalue weighted by atomic mass is 35.5. The Morgan fingerprint density at radius 2 is 2.24 bits per heavy atom. The second-order valence-electron chi connectivity index (χ2n) is 5.64. The van der Waals surface area contributed by atoms with Crippen molar-refractivity contribution < 1.29 is 14.3 Å². The lowest BCUT2D eigenvalue weighted by atomic mass is 10.3. The molecule has 6 nitrogen and oxygen atoms in total. The zero-order chi connectivity index (χ0) is 17.5. The fourth-order valence-electron chi connectivity index (χ4n) is 2.43. The summed E-state index contributed by atoms with van der Waals surface area (Å²) in [4.78, 5) is 18.8. The van der Waals surface area contributed by atoms with Gasteiger partial charge in [0.1, 0.15) is 5.75 Å². The molecule has 25 heavy (non-hydrogen) atoms. The summed E-state index contributed by atoms with van der Waals surface area (Å²) in [6, 6.07) is 7.11. The largest absolute Gasteiger partial charge is 0.493 e. The van der Waals surface area contributed by atoms with E-state index >= 15 is 0 Å². The molecular weight excluding hydrogens is 362 g/mol. The minimum Gasteiger partial charge on any atom is -0.493 e. The van der Waals surface area contributed by atoms with Gasteiger partial charge in [0, 0.05) is 30.0 Å². The van der Waals surface area contributed by atoms with E-state index in [2.05, 4.69) is 15.2 Å². The number of benzene rings is 1. The van der Waals surface area contributed by atoms with Crippen LogP contribution in [0, 0.1) is 0 Å². The molecule has 0 radical (unpaired) electrons. The van der Waals surface area contributed by atoms with E-state index in [4.69, 9.17) is 21.1 Å². The van der Waals surface area contributed by atoms with Gasteiger partial charge in [0.2, 0.25) is 5.91 Å². The highest BCUT2D eigenvalue weighted by molar-refractivity contribution is 7.13. The molecule has 0 bridgehead atoms. The number of morpholine rings is 1. The minimum absolute atomic E-state index is 0.116. The van der Waals surface area contributed by atoms with E-state index in [-0.39, 0.29) is 18.9 Å². The second kappa shape index (κ2) is 9.15. The Balaban J connectivity index is 1.40. The molecule has 1 aromatic heterocycles. The Morgan fingerprint density at radius 1 is 1.40 bits per heavy atom. The maximum Gasteiger partial charge on any atom is 0.229 e. The molecular formula is C17H20ClN3O3S. The average Bonchev–Trinajstić information content (AvgIpc) is 3.02. The number of amides is 1. The molecule has 0 atom stereocenters. The summed E-state index contributed by atoms with van der Waals surface area (Å²) >= 11 is 7.33. The zero-order valence-corrected chi connectivity index (χ0v) is 15.3. The van der Waals surface area contributed by atoms with Crippen molar-refractivity contribution in [1.29, 1.82) is 0 Å². The molecule has 3 rings (SSSR count). The van der Waals surface area contributed by atoms with E-state index in [1.54, 1.807) is 12.1 Å². The molecule has 1 amide bonds. The number of anilines is 1. The summed E-state index contributed by atoms with van der Waals surface area (Å²) in [5, 5.41) is 6.03. The lowest BCUT2D eigenvalue weighted by molar-refractivity contribution is -0.116. The Kier molecular flexibility index (Phi) is 6.63. The number of thiazole rings is 1. The van der Waals surface area contributed by atoms with Crippen LogP contribution in [0.15, 0.2) is 29.6 Å². The fraction of sp³-hybridized carbons (Fsp3) is 0.412. The number of halogens is 1. The Labute approximate surface area is 155 Å². The van der Waals surface area contributed by atoms with Gasteiger partial charge < -0.3 is 14.8 Å². The van der Waals surface area contributed by atoms with Crippen LogP contribution >= 0.6 is 22.9 Å². The van der Waals surface area contributed by atoms with E-state index in [1.807, 2.05) is 17.5 Å². The predicted octanol–water partition coefficient (Wildman–Crippen LogP) is 3.04. The molecule has 8 heteroatoms. The first-order valence-corrected chi connectivity index (χ1v) is 9.37. The van der Waals surface area contributed by atoms with Crippen molar-refractivity contribution in [2.75, 3.05) is 38.2 Å². The van der Waals surface area contributed by atoms with Crippen molar-refractivity contribution in [3.8, 4) is 5.75 Å². The number of aromatic nitrogens is 1. The van der Waals surface area contributed by atoms with Crippen LogP contribution in [0.4, 0.5) is 5.13 Å². The number of carbonyl (C=O) groups excluding carboxylic acids is 1. The van der Waals surface area contributed by atoms with Crippen LogP contribution in [0.1, 0.15) is 12.1 Å². The lowest BCUT2D eigenvalue weighted by Gasteiger charge is -2.25. The Bertz CT molecular complexity index is 704. The molecule has 2 heterocycles. The van der Waals surface area contributed by atoms with Gasteiger partial charge in [-0.2, -0.15) is 0 Å². The predicted molar refractivity (Wildman–Crippen MR) is 98.4 cm³/mol. The molecule has 1 aliphatic heterocycles. The van der Waals surface area contributed by atoms with Crippen molar-refractivity contribution >= 4 is 34.0 Å². The van der Waals surface area contributed by atoms with E-state index in [1.165, 1.54) is 11.3 Å². The summed E-state index contributed by atoms with van der Waals surface area (Å²) in [5.74, 6) is 0.539. The van der Waals surface area contributed by atoms with Gasteiger partial charge in [0.25, 0.3) is 0 Å². The molecule has 1 aromatic carbocycles. The first-order chi connectivity index (χ1) is 12.2. The SMILES string of the molecule is O=C(CCOc1cccc(Cl)c1)Nc1nc(CN2CCOCC2)cs1. The molecule has 0 unspecified atom stereocenters. The molecule has 134 valence electrons. The van der Waals surface area contributed by atoms with Crippen molar-refractivity contribution in [3.05, 3.63) is 40.4 Å². The Morgan fingerprint density at radius 3 is 3.04 bits per heavy atom. The van der Waals surface area contributed by atoms with E-state index in [9.17, 15) is 4.79 Å². The van der Waals surface area contributed by atoms with Gasteiger partial charge in [-0.3, -0.25) is 9.69 Å². The topological polar surface area (TPSA) is 63.7 Å². The summed E-state index contributed by atoms with van der Waals surface area (Å²) in [5.41, 5.74) is 0.970. The first kappa shape index (κ1) is 18.1. The van der Waals surface area contributed by atoms with Crippen LogP contribution < -0.4 is 10.1 Å². The average molecular weight is 382 g/mol. The van der Waals surface area contributed by atoms with E-state index in [0.29, 0.717) is 15.9 Å². The maximum atomic E-state index is 12.0. The number of carbonyl (C=O) groups is 1. The third-order valence-corrected chi connectivity index (χ3v) is 4.72. The summed E-state index contributed by atoms with van der Waals surface area (Å²) in [7, 11) is 0. The molecule has 0 spiro atoms. The van der Waals surface area contributed by atoms with Crippen molar-refractivity contribution in [3.63, 3.8) is 0 Å². The summed E-state index contributed by atoms with van der Waals surface area (Å²) in [6.45, 7) is 4.44. The smallest absolute Gasteiger partial charge is 0.229 e. The van der Waals surface area contributed by atoms with Gasteiger partial charge >= 0.3 is 0 Å². The highest BCUT2D eigenvalue weighted by Gasteiger charge is 2.13. The van der Waals surface area contributed by atoms with Gasteiger partial charge in [-0.1, -0.05) is 17.7 Å². The van der Waals surface area contributed by atoms with Crippen molar-refractivity contribution in [1.82, 2.24) is 9.88 Å².